The van der Waals surface area contributed by atoms with Crippen molar-refractivity contribution in [1.82, 2.24) is 0 Å². The van der Waals surface area contributed by atoms with E-state index in [0.717, 1.165) is 25.7 Å². The van der Waals surface area contributed by atoms with Crippen LogP contribution in [0.25, 0.3) is 0 Å². The largest absolute Gasteiger partial charge is 0.756 e. The molecule has 16 heavy (non-hydrogen) atoms. The summed E-state index contributed by atoms with van der Waals surface area (Å²) < 4.78 is 20.2. The van der Waals surface area contributed by atoms with Gasteiger partial charge in [-0.25, -0.2) is 0 Å². The van der Waals surface area contributed by atoms with Crippen molar-refractivity contribution >= 4 is 30.4 Å². The molecule has 0 bridgehead atoms. The maximum absolute atomic E-state index is 11.0. The number of hydrogen-bond acceptors (Lipinski definition) is 4. The first-order chi connectivity index (χ1) is 7.12. The van der Waals surface area contributed by atoms with Crippen molar-refractivity contribution in [3.8, 4) is 0 Å². The Hall–Kier alpha value is 1.46. The fourth-order valence-corrected chi connectivity index (χ4v) is 1.46. The molecule has 0 saturated carbocycles. The van der Waals surface area contributed by atoms with Gasteiger partial charge in [0.2, 0.25) is 0 Å². The van der Waals surface area contributed by atoms with Crippen molar-refractivity contribution in [3.05, 3.63) is 4.93 Å². The zero-order valence-corrected chi connectivity index (χ0v) is 16.1. The third-order valence-corrected chi connectivity index (χ3v) is 2.49. The molecule has 4 nitrogen and oxygen atoms in total. The van der Waals surface area contributed by atoms with Crippen LogP contribution in [0.1, 0.15) is 39.5 Å². The Kier molecular flexibility index (Phi) is 23.3. The molecule has 1 radical (unpaired) electrons. The summed E-state index contributed by atoms with van der Waals surface area (Å²) in [5, 5.41) is 0. The summed E-state index contributed by atoms with van der Waals surface area (Å²) in [6.45, 7) is 4.39. The van der Waals surface area contributed by atoms with Crippen molar-refractivity contribution in [2.75, 3.05) is 13.2 Å². The molecule has 0 fully saturated rings. The van der Waals surface area contributed by atoms with Gasteiger partial charge in [0.05, 0.1) is 13.2 Å². The van der Waals surface area contributed by atoms with Crippen LogP contribution >= 0.6 is 30.4 Å². The van der Waals surface area contributed by atoms with Gasteiger partial charge < -0.3 is 13.9 Å². The SMILES string of the molecule is CCCCOP(=O)([O-])OCCCC.[CH2]I.[Zn]. The quantitative estimate of drug-likeness (QED) is 0.264. The fourth-order valence-electron chi connectivity index (χ4n) is 0.679. The fraction of sp³-hybridized carbons (Fsp3) is 0.889. The Labute approximate surface area is 125 Å². The van der Waals surface area contributed by atoms with Gasteiger partial charge in [0.1, 0.15) is 0 Å². The van der Waals surface area contributed by atoms with Gasteiger partial charge >= 0.3 is 0 Å². The summed E-state index contributed by atoms with van der Waals surface area (Å²) in [6, 6.07) is 0. The van der Waals surface area contributed by atoms with E-state index in [1.54, 1.807) is 0 Å². The van der Waals surface area contributed by atoms with Crippen LogP contribution < -0.4 is 4.89 Å². The Morgan fingerprint density at radius 3 is 1.69 bits per heavy atom. The summed E-state index contributed by atoms with van der Waals surface area (Å²) in [5.41, 5.74) is 0. The molecule has 0 aromatic carbocycles. The van der Waals surface area contributed by atoms with E-state index in [1.807, 2.05) is 36.4 Å². The van der Waals surface area contributed by atoms with Crippen LogP contribution in [-0.2, 0) is 33.1 Å². The maximum atomic E-state index is 11.0. The molecule has 0 aliphatic carbocycles. The second kappa shape index (κ2) is 16.5. The van der Waals surface area contributed by atoms with Crippen LogP contribution in [0, 0.1) is 4.93 Å². The predicted octanol–water partition coefficient (Wildman–Crippen LogP) is 3.30. The molecule has 0 spiro atoms. The van der Waals surface area contributed by atoms with Crippen molar-refractivity contribution in [2.24, 2.45) is 0 Å². The standard InChI is InChI=1S/C8H19O4P.CH2I.Zn/c1-3-5-7-11-13(9,10)12-8-6-4-2;1-2;/h3-8H2,1-2H3,(H,9,10);1H2;/p-1. The maximum Gasteiger partial charge on any atom is 0.267 e. The molecule has 0 N–H and O–H groups in total. The Balaban J connectivity index is -0.000000529. The van der Waals surface area contributed by atoms with E-state index >= 15 is 0 Å². The molecule has 0 aromatic rings. The summed E-state index contributed by atoms with van der Waals surface area (Å²) in [5.74, 6) is 0. The molecular weight excluding hydrogens is 395 g/mol. The minimum atomic E-state index is -4.00. The average Bonchev–Trinajstić information content (AvgIpc) is 2.21. The van der Waals surface area contributed by atoms with Crippen LogP contribution in [0.5, 0.6) is 0 Å². The third kappa shape index (κ3) is 17.8. The Morgan fingerprint density at radius 1 is 1.12 bits per heavy atom. The zero-order chi connectivity index (χ0) is 12.2. The van der Waals surface area contributed by atoms with Gasteiger partial charge in [-0.05, 0) is 12.8 Å². The molecule has 0 aliphatic rings. The first-order valence-corrected chi connectivity index (χ1v) is 7.98. The van der Waals surface area contributed by atoms with E-state index in [2.05, 4.69) is 14.0 Å². The van der Waals surface area contributed by atoms with Crippen molar-refractivity contribution in [2.45, 2.75) is 39.5 Å². The van der Waals surface area contributed by atoms with E-state index in [4.69, 9.17) is 0 Å². The molecule has 0 saturated heterocycles. The van der Waals surface area contributed by atoms with Crippen molar-refractivity contribution < 1.29 is 38.0 Å². The number of phosphoric acid groups is 1. The van der Waals surface area contributed by atoms with Gasteiger partial charge in [0.25, 0.3) is 7.82 Å². The second-order valence-corrected chi connectivity index (χ2v) is 4.23. The zero-order valence-electron chi connectivity index (χ0n) is 10.1. The van der Waals surface area contributed by atoms with E-state index in [-0.39, 0.29) is 32.7 Å². The van der Waals surface area contributed by atoms with Crippen molar-refractivity contribution in [1.29, 1.82) is 0 Å². The molecule has 0 rings (SSSR count). The van der Waals surface area contributed by atoms with Gasteiger partial charge in [0, 0.05) is 24.4 Å². The monoisotopic (exact) mass is 414 g/mol. The predicted molar refractivity (Wildman–Crippen MR) is 68.7 cm³/mol. The third-order valence-electron chi connectivity index (χ3n) is 1.49. The number of unbranched alkanes of at least 4 members (excludes halogenated alkanes) is 2. The van der Waals surface area contributed by atoms with E-state index < -0.39 is 7.82 Å². The smallest absolute Gasteiger partial charge is 0.267 e. The molecule has 0 aliphatic heterocycles. The van der Waals surface area contributed by atoms with Gasteiger partial charge in [-0.3, -0.25) is 4.57 Å². The second-order valence-electron chi connectivity index (χ2n) is 2.82. The summed E-state index contributed by atoms with van der Waals surface area (Å²) in [6.07, 6.45) is 3.30. The molecule has 95 valence electrons. The summed E-state index contributed by atoms with van der Waals surface area (Å²) in [4.78, 5) is 14.2. The number of halogens is 1. The molecule has 0 amide bonds. The summed E-state index contributed by atoms with van der Waals surface area (Å²) in [7, 11) is -4.00. The molecule has 0 heterocycles. The van der Waals surface area contributed by atoms with Crippen LogP contribution in [-0.4, -0.2) is 13.2 Å². The molecular formula is C9H20IO4PZn-. The van der Waals surface area contributed by atoms with Crippen LogP contribution in [0.4, 0.5) is 0 Å². The Morgan fingerprint density at radius 2 is 1.44 bits per heavy atom. The van der Waals surface area contributed by atoms with Crippen LogP contribution in [0.2, 0.25) is 0 Å². The molecule has 0 atom stereocenters. The van der Waals surface area contributed by atoms with Gasteiger partial charge in [-0.2, -0.15) is 0 Å². The van der Waals surface area contributed by atoms with Crippen LogP contribution in [0.3, 0.4) is 0 Å². The summed E-state index contributed by atoms with van der Waals surface area (Å²) >= 11 is 1.90. The number of rotatable bonds is 8. The minimum absolute atomic E-state index is 0. The van der Waals surface area contributed by atoms with Crippen molar-refractivity contribution in [3.63, 3.8) is 0 Å². The number of phosphoric ester groups is 1. The average molecular weight is 416 g/mol. The topological polar surface area (TPSA) is 58.6 Å². The molecule has 7 heteroatoms. The van der Waals surface area contributed by atoms with Gasteiger partial charge in [-0.15, -0.1) is 0 Å². The van der Waals surface area contributed by atoms with Crippen LogP contribution in [0.15, 0.2) is 0 Å². The van der Waals surface area contributed by atoms with E-state index in [9.17, 15) is 9.46 Å². The minimum Gasteiger partial charge on any atom is -0.756 e. The van der Waals surface area contributed by atoms with E-state index in [0.29, 0.717) is 0 Å². The number of hydrogen-bond donors (Lipinski definition) is 0. The first-order valence-electron chi connectivity index (χ1n) is 4.99. The van der Waals surface area contributed by atoms with Gasteiger partial charge in [-0.1, -0.05) is 49.3 Å². The molecule has 0 unspecified atom stereocenters. The molecule has 0 aromatic heterocycles. The normalized spacial score (nSPS) is 10.1. The van der Waals surface area contributed by atoms with E-state index in [1.165, 1.54) is 0 Å². The first kappa shape index (κ1) is 22.6. The van der Waals surface area contributed by atoms with Gasteiger partial charge in [0.15, 0.2) is 0 Å². The Bertz CT molecular complexity index is 158.